The number of rotatable bonds is 3. The Morgan fingerprint density at radius 1 is 0.920 bits per heavy atom. The number of para-hydroxylation sites is 1. The summed E-state index contributed by atoms with van der Waals surface area (Å²) in [5.41, 5.74) is 4.01. The van der Waals surface area contributed by atoms with Crippen molar-refractivity contribution in [1.29, 1.82) is 0 Å². The quantitative estimate of drug-likeness (QED) is 0.677. The van der Waals surface area contributed by atoms with Crippen LogP contribution in [0, 0.1) is 0 Å². The summed E-state index contributed by atoms with van der Waals surface area (Å²) in [5.74, 6) is 0. The minimum Gasteiger partial charge on any atom is -0.378 e. The molecule has 25 heavy (non-hydrogen) atoms. The molecule has 0 bridgehead atoms. The molecule has 4 nitrogen and oxygen atoms in total. The first kappa shape index (κ1) is 16.0. The zero-order valence-electron chi connectivity index (χ0n) is 13.8. The van der Waals surface area contributed by atoms with E-state index in [0.717, 1.165) is 40.6 Å². The van der Waals surface area contributed by atoms with E-state index < -0.39 is 0 Å². The van der Waals surface area contributed by atoms with Crippen LogP contribution in [0.25, 0.3) is 16.9 Å². The summed E-state index contributed by atoms with van der Waals surface area (Å²) in [6, 6.07) is 20.3. The largest absolute Gasteiger partial charge is 0.378 e. The number of aromatic nitrogens is 2. The molecule has 5 heteroatoms. The topological polar surface area (TPSA) is 30.3 Å². The zero-order valence-corrected chi connectivity index (χ0v) is 14.7. The Labute approximate surface area is 152 Å². The third-order valence-electron chi connectivity index (χ3n) is 4.31. The Hall–Kier alpha value is -2.50. The number of benzene rings is 2. The highest BCUT2D eigenvalue weighted by atomic mass is 32.1. The molecular formula is C20H19N3OS. The normalized spacial score (nSPS) is 14.5. The number of morpholine rings is 1. The third kappa shape index (κ3) is 3.34. The van der Waals surface area contributed by atoms with Gasteiger partial charge in [0.2, 0.25) is 0 Å². The molecule has 1 aliphatic heterocycles. The van der Waals surface area contributed by atoms with Crippen LogP contribution in [-0.2, 0) is 4.74 Å². The highest BCUT2D eigenvalue weighted by Gasteiger charge is 2.21. The van der Waals surface area contributed by atoms with Crippen LogP contribution < -0.4 is 0 Å². The van der Waals surface area contributed by atoms with Gasteiger partial charge >= 0.3 is 0 Å². The second kappa shape index (κ2) is 7.17. The van der Waals surface area contributed by atoms with Gasteiger partial charge in [0.25, 0.3) is 0 Å². The lowest BCUT2D eigenvalue weighted by molar-refractivity contribution is 0.0693. The Bertz CT molecular complexity index is 855. The van der Waals surface area contributed by atoms with Crippen molar-refractivity contribution in [3.8, 4) is 16.9 Å². The number of thiocarbonyl (C=S) groups is 1. The van der Waals surface area contributed by atoms with Gasteiger partial charge in [-0.1, -0.05) is 60.7 Å². The Balaban J connectivity index is 1.78. The van der Waals surface area contributed by atoms with E-state index in [0.29, 0.717) is 13.2 Å². The summed E-state index contributed by atoms with van der Waals surface area (Å²) < 4.78 is 7.36. The predicted octanol–water partition coefficient (Wildman–Crippen LogP) is 3.55. The fourth-order valence-corrected chi connectivity index (χ4v) is 3.32. The first-order chi connectivity index (χ1) is 12.3. The average Bonchev–Trinajstić information content (AvgIpc) is 3.15. The maximum Gasteiger partial charge on any atom is 0.113 e. The van der Waals surface area contributed by atoms with Crippen molar-refractivity contribution in [2.45, 2.75) is 0 Å². The molecule has 4 rings (SSSR count). The standard InChI is InChI=1S/C20H19N3OS/c25-20(22-11-13-24-14-12-22)18-15-23(17-9-5-2-6-10-17)21-19(18)16-7-3-1-4-8-16/h1-10,15H,11-14H2. The lowest BCUT2D eigenvalue weighted by atomic mass is 10.1. The molecule has 126 valence electrons. The lowest BCUT2D eigenvalue weighted by Gasteiger charge is -2.29. The van der Waals surface area contributed by atoms with Crippen LogP contribution >= 0.6 is 12.2 Å². The molecular weight excluding hydrogens is 330 g/mol. The highest BCUT2D eigenvalue weighted by Crippen LogP contribution is 2.25. The maximum atomic E-state index is 5.81. The van der Waals surface area contributed by atoms with E-state index in [4.69, 9.17) is 22.1 Å². The van der Waals surface area contributed by atoms with Gasteiger partial charge in [-0.25, -0.2) is 4.68 Å². The number of hydrogen-bond acceptors (Lipinski definition) is 3. The first-order valence-corrected chi connectivity index (χ1v) is 8.81. The van der Waals surface area contributed by atoms with E-state index in [1.54, 1.807) is 0 Å². The molecule has 1 saturated heterocycles. The molecule has 0 radical (unpaired) electrons. The summed E-state index contributed by atoms with van der Waals surface area (Å²) in [7, 11) is 0. The molecule has 1 fully saturated rings. The van der Waals surface area contributed by atoms with E-state index >= 15 is 0 Å². The molecule has 1 aromatic heterocycles. The van der Waals surface area contributed by atoms with Gasteiger partial charge in [-0.15, -0.1) is 0 Å². The van der Waals surface area contributed by atoms with Crippen LogP contribution in [0.15, 0.2) is 66.9 Å². The van der Waals surface area contributed by atoms with Crippen LogP contribution in [0.1, 0.15) is 5.56 Å². The van der Waals surface area contributed by atoms with E-state index in [9.17, 15) is 0 Å². The van der Waals surface area contributed by atoms with Crippen LogP contribution in [0.3, 0.4) is 0 Å². The molecule has 0 atom stereocenters. The van der Waals surface area contributed by atoms with Crippen molar-refractivity contribution >= 4 is 17.2 Å². The summed E-state index contributed by atoms with van der Waals surface area (Å²) >= 11 is 5.81. The second-order valence-corrected chi connectivity index (χ2v) is 6.33. The van der Waals surface area contributed by atoms with Crippen molar-refractivity contribution in [2.75, 3.05) is 26.3 Å². The van der Waals surface area contributed by atoms with Crippen molar-refractivity contribution in [2.24, 2.45) is 0 Å². The Morgan fingerprint density at radius 2 is 1.56 bits per heavy atom. The van der Waals surface area contributed by atoms with Gasteiger partial charge in [-0.2, -0.15) is 5.10 Å². The summed E-state index contributed by atoms with van der Waals surface area (Å²) in [6.45, 7) is 3.08. The van der Waals surface area contributed by atoms with Crippen LogP contribution in [0.4, 0.5) is 0 Å². The summed E-state index contributed by atoms with van der Waals surface area (Å²) in [5, 5.41) is 4.84. The molecule has 0 spiro atoms. The monoisotopic (exact) mass is 349 g/mol. The minimum absolute atomic E-state index is 0.716. The molecule has 0 aliphatic carbocycles. The summed E-state index contributed by atoms with van der Waals surface area (Å²) in [6.07, 6.45) is 2.04. The summed E-state index contributed by atoms with van der Waals surface area (Å²) in [4.78, 5) is 3.04. The van der Waals surface area contributed by atoms with Crippen molar-refractivity contribution in [3.05, 3.63) is 72.4 Å². The molecule has 0 N–H and O–H groups in total. The van der Waals surface area contributed by atoms with E-state index in [2.05, 4.69) is 17.0 Å². The number of hydrogen-bond donors (Lipinski definition) is 0. The SMILES string of the molecule is S=C(c1cn(-c2ccccc2)nc1-c1ccccc1)N1CCOCC1. The van der Waals surface area contributed by atoms with Gasteiger partial charge in [0.1, 0.15) is 10.7 Å². The second-order valence-electron chi connectivity index (χ2n) is 5.94. The lowest BCUT2D eigenvalue weighted by Crippen LogP contribution is -2.40. The third-order valence-corrected chi connectivity index (χ3v) is 4.79. The molecule has 2 heterocycles. The van der Waals surface area contributed by atoms with Crippen molar-refractivity contribution in [1.82, 2.24) is 14.7 Å². The van der Waals surface area contributed by atoms with Crippen molar-refractivity contribution < 1.29 is 4.74 Å². The van der Waals surface area contributed by atoms with E-state index in [1.807, 2.05) is 59.4 Å². The Morgan fingerprint density at radius 3 is 2.24 bits per heavy atom. The van der Waals surface area contributed by atoms with Gasteiger partial charge < -0.3 is 9.64 Å². The van der Waals surface area contributed by atoms with Crippen LogP contribution in [-0.4, -0.2) is 46.0 Å². The number of nitrogens with zero attached hydrogens (tertiary/aromatic N) is 3. The minimum atomic E-state index is 0.716. The highest BCUT2D eigenvalue weighted by molar-refractivity contribution is 7.80. The van der Waals surface area contributed by atoms with E-state index in [-0.39, 0.29) is 0 Å². The van der Waals surface area contributed by atoms with Crippen LogP contribution in [0.2, 0.25) is 0 Å². The molecule has 0 saturated carbocycles. The van der Waals surface area contributed by atoms with Gasteiger partial charge in [-0.05, 0) is 12.1 Å². The molecule has 0 amide bonds. The Kier molecular flexibility index (Phi) is 4.59. The fraction of sp³-hybridized carbons (Fsp3) is 0.200. The predicted molar refractivity (Wildman–Crippen MR) is 103 cm³/mol. The zero-order chi connectivity index (χ0) is 17.1. The molecule has 1 aliphatic rings. The first-order valence-electron chi connectivity index (χ1n) is 8.40. The van der Waals surface area contributed by atoms with Gasteiger partial charge in [0, 0.05) is 24.8 Å². The smallest absolute Gasteiger partial charge is 0.113 e. The van der Waals surface area contributed by atoms with Gasteiger partial charge in [0.05, 0.1) is 24.5 Å². The van der Waals surface area contributed by atoms with Crippen molar-refractivity contribution in [3.63, 3.8) is 0 Å². The molecule has 3 aromatic rings. The van der Waals surface area contributed by atoms with Crippen LogP contribution in [0.5, 0.6) is 0 Å². The van der Waals surface area contributed by atoms with Gasteiger partial charge in [0.15, 0.2) is 0 Å². The van der Waals surface area contributed by atoms with Gasteiger partial charge in [-0.3, -0.25) is 0 Å². The number of ether oxygens (including phenoxy) is 1. The van der Waals surface area contributed by atoms with E-state index in [1.165, 1.54) is 0 Å². The maximum absolute atomic E-state index is 5.81. The molecule has 2 aromatic carbocycles. The fourth-order valence-electron chi connectivity index (χ4n) is 2.99. The average molecular weight is 349 g/mol. The molecule has 0 unspecified atom stereocenters.